The summed E-state index contributed by atoms with van der Waals surface area (Å²) in [6.45, 7) is 3.51. The van der Waals surface area contributed by atoms with E-state index in [4.69, 9.17) is 5.11 Å². The van der Waals surface area contributed by atoms with E-state index in [1.807, 2.05) is 6.92 Å². The second-order valence-electron chi connectivity index (χ2n) is 4.83. The highest BCUT2D eigenvalue weighted by Crippen LogP contribution is 2.08. The van der Waals surface area contributed by atoms with E-state index in [0.29, 0.717) is 19.5 Å². The van der Waals surface area contributed by atoms with Crippen LogP contribution in [0.5, 0.6) is 0 Å². The SMILES string of the molecule is CCCN1CC(=O)N(CCCCCC(=O)O)CC1=O. The fourth-order valence-electron chi connectivity index (χ4n) is 2.14. The van der Waals surface area contributed by atoms with Crippen molar-refractivity contribution in [2.75, 3.05) is 26.2 Å². The first-order valence-corrected chi connectivity index (χ1v) is 6.82. The predicted molar refractivity (Wildman–Crippen MR) is 69.6 cm³/mol. The Hall–Kier alpha value is -1.59. The van der Waals surface area contributed by atoms with Gasteiger partial charge in [0.05, 0.1) is 13.1 Å². The summed E-state index contributed by atoms with van der Waals surface area (Å²) in [5, 5.41) is 8.50. The zero-order valence-electron chi connectivity index (χ0n) is 11.4. The average Bonchev–Trinajstić information content (AvgIpc) is 2.34. The molecule has 2 amide bonds. The molecule has 6 heteroatoms. The molecule has 0 spiro atoms. The maximum Gasteiger partial charge on any atom is 0.303 e. The van der Waals surface area contributed by atoms with Crippen molar-refractivity contribution in [1.29, 1.82) is 0 Å². The van der Waals surface area contributed by atoms with Crippen LogP contribution in [0.4, 0.5) is 0 Å². The number of amides is 2. The van der Waals surface area contributed by atoms with E-state index in [2.05, 4.69) is 0 Å². The quantitative estimate of drug-likeness (QED) is 0.659. The van der Waals surface area contributed by atoms with Gasteiger partial charge in [0, 0.05) is 19.5 Å². The van der Waals surface area contributed by atoms with Gasteiger partial charge in [-0.1, -0.05) is 13.3 Å². The molecule has 0 aromatic rings. The summed E-state index contributed by atoms with van der Waals surface area (Å²) in [5.41, 5.74) is 0. The van der Waals surface area contributed by atoms with Crippen LogP contribution >= 0.6 is 0 Å². The lowest BCUT2D eigenvalue weighted by Gasteiger charge is -2.33. The lowest BCUT2D eigenvalue weighted by molar-refractivity contribution is -0.150. The van der Waals surface area contributed by atoms with E-state index < -0.39 is 5.97 Å². The molecule has 108 valence electrons. The number of unbranched alkanes of at least 4 members (excludes halogenated alkanes) is 2. The van der Waals surface area contributed by atoms with Crippen LogP contribution in [0.15, 0.2) is 0 Å². The zero-order chi connectivity index (χ0) is 14.3. The number of aliphatic carboxylic acids is 1. The predicted octanol–water partition coefficient (Wildman–Crippen LogP) is 0.712. The van der Waals surface area contributed by atoms with E-state index in [0.717, 1.165) is 19.3 Å². The molecule has 1 aliphatic rings. The Morgan fingerprint density at radius 1 is 1.05 bits per heavy atom. The van der Waals surface area contributed by atoms with Crippen molar-refractivity contribution in [3.05, 3.63) is 0 Å². The minimum atomic E-state index is -0.792. The molecular weight excluding hydrogens is 248 g/mol. The second-order valence-corrected chi connectivity index (χ2v) is 4.83. The highest BCUT2D eigenvalue weighted by molar-refractivity contribution is 5.92. The molecule has 0 radical (unpaired) electrons. The summed E-state index contributed by atoms with van der Waals surface area (Å²) in [7, 11) is 0. The van der Waals surface area contributed by atoms with Crippen LogP contribution in [0.25, 0.3) is 0 Å². The number of hydrogen-bond donors (Lipinski definition) is 1. The topological polar surface area (TPSA) is 77.9 Å². The van der Waals surface area contributed by atoms with Crippen molar-refractivity contribution in [2.24, 2.45) is 0 Å². The molecule has 0 unspecified atom stereocenters. The maximum absolute atomic E-state index is 11.8. The molecule has 1 saturated heterocycles. The normalized spacial score (nSPS) is 16.1. The van der Waals surface area contributed by atoms with Crippen molar-refractivity contribution in [2.45, 2.75) is 39.0 Å². The van der Waals surface area contributed by atoms with E-state index >= 15 is 0 Å². The summed E-state index contributed by atoms with van der Waals surface area (Å²) >= 11 is 0. The molecule has 0 atom stereocenters. The molecule has 0 aromatic carbocycles. The molecule has 19 heavy (non-hydrogen) atoms. The van der Waals surface area contributed by atoms with Gasteiger partial charge in [0.1, 0.15) is 0 Å². The summed E-state index contributed by atoms with van der Waals surface area (Å²) in [6, 6.07) is 0. The maximum atomic E-state index is 11.8. The standard InChI is InChI=1S/C13H22N2O4/c1-2-7-14-9-12(17)15(10-11(14)16)8-5-3-4-6-13(18)19/h2-10H2,1H3,(H,18,19). The van der Waals surface area contributed by atoms with Crippen LogP contribution < -0.4 is 0 Å². The van der Waals surface area contributed by atoms with Gasteiger partial charge < -0.3 is 14.9 Å². The Morgan fingerprint density at radius 3 is 2.16 bits per heavy atom. The molecule has 0 saturated carbocycles. The fraction of sp³-hybridized carbons (Fsp3) is 0.769. The molecule has 1 rings (SSSR count). The molecule has 1 aliphatic heterocycles. The number of nitrogens with zero attached hydrogens (tertiary/aromatic N) is 2. The highest BCUT2D eigenvalue weighted by atomic mass is 16.4. The number of carbonyl (C=O) groups is 3. The Labute approximate surface area is 113 Å². The van der Waals surface area contributed by atoms with Crippen molar-refractivity contribution >= 4 is 17.8 Å². The van der Waals surface area contributed by atoms with Crippen LogP contribution in [0, 0.1) is 0 Å². The lowest BCUT2D eigenvalue weighted by atomic mass is 10.1. The number of carbonyl (C=O) groups excluding carboxylic acids is 2. The van der Waals surface area contributed by atoms with Gasteiger partial charge in [0.2, 0.25) is 11.8 Å². The fourth-order valence-corrected chi connectivity index (χ4v) is 2.14. The molecule has 0 aromatic heterocycles. The summed E-state index contributed by atoms with van der Waals surface area (Å²) in [6.07, 6.45) is 3.15. The molecule has 1 N–H and O–H groups in total. The van der Waals surface area contributed by atoms with Crippen molar-refractivity contribution in [1.82, 2.24) is 9.80 Å². The van der Waals surface area contributed by atoms with Gasteiger partial charge in [-0.15, -0.1) is 0 Å². The van der Waals surface area contributed by atoms with Crippen LogP contribution in [0.2, 0.25) is 0 Å². The number of carboxylic acids is 1. The highest BCUT2D eigenvalue weighted by Gasteiger charge is 2.28. The first kappa shape index (κ1) is 15.5. The van der Waals surface area contributed by atoms with Gasteiger partial charge in [0.15, 0.2) is 0 Å². The molecule has 0 aliphatic carbocycles. The van der Waals surface area contributed by atoms with Crippen LogP contribution in [-0.2, 0) is 14.4 Å². The lowest BCUT2D eigenvalue weighted by Crippen LogP contribution is -2.53. The van der Waals surface area contributed by atoms with E-state index in [1.54, 1.807) is 9.80 Å². The summed E-state index contributed by atoms with van der Waals surface area (Å²) in [4.78, 5) is 37.1. The van der Waals surface area contributed by atoms with E-state index in [-0.39, 0.29) is 31.3 Å². The van der Waals surface area contributed by atoms with Gasteiger partial charge in [-0.25, -0.2) is 0 Å². The van der Waals surface area contributed by atoms with Crippen LogP contribution in [0.1, 0.15) is 39.0 Å². The third kappa shape index (κ3) is 5.28. The van der Waals surface area contributed by atoms with Crippen molar-refractivity contribution in [3.63, 3.8) is 0 Å². The number of hydrogen-bond acceptors (Lipinski definition) is 3. The summed E-state index contributed by atoms with van der Waals surface area (Å²) < 4.78 is 0. The van der Waals surface area contributed by atoms with Crippen molar-refractivity contribution in [3.8, 4) is 0 Å². The average molecular weight is 270 g/mol. The smallest absolute Gasteiger partial charge is 0.303 e. The number of carboxylic acid groups (broad SMARTS) is 1. The van der Waals surface area contributed by atoms with Crippen molar-refractivity contribution < 1.29 is 19.5 Å². The minimum Gasteiger partial charge on any atom is -0.481 e. The number of rotatable bonds is 8. The third-order valence-electron chi connectivity index (χ3n) is 3.17. The Balaban J connectivity index is 2.26. The van der Waals surface area contributed by atoms with Gasteiger partial charge in [-0.05, 0) is 19.3 Å². The number of piperazine rings is 1. The molecule has 1 fully saturated rings. The Bertz CT molecular complexity index is 344. The zero-order valence-corrected chi connectivity index (χ0v) is 11.4. The Kier molecular flexibility index (Phi) is 6.32. The molecule has 1 heterocycles. The minimum absolute atomic E-state index is 0.00647. The largest absolute Gasteiger partial charge is 0.481 e. The van der Waals surface area contributed by atoms with Crippen LogP contribution in [-0.4, -0.2) is 58.9 Å². The van der Waals surface area contributed by atoms with Gasteiger partial charge in [-0.3, -0.25) is 14.4 Å². The Morgan fingerprint density at radius 2 is 1.63 bits per heavy atom. The first-order chi connectivity index (χ1) is 9.04. The monoisotopic (exact) mass is 270 g/mol. The van der Waals surface area contributed by atoms with Crippen LogP contribution in [0.3, 0.4) is 0 Å². The van der Waals surface area contributed by atoms with E-state index in [9.17, 15) is 14.4 Å². The molecule has 6 nitrogen and oxygen atoms in total. The molecular formula is C13H22N2O4. The van der Waals surface area contributed by atoms with Gasteiger partial charge in [0.25, 0.3) is 0 Å². The van der Waals surface area contributed by atoms with E-state index in [1.165, 1.54) is 0 Å². The van der Waals surface area contributed by atoms with Gasteiger partial charge >= 0.3 is 5.97 Å². The summed E-state index contributed by atoms with van der Waals surface area (Å²) in [5.74, 6) is -0.794. The first-order valence-electron chi connectivity index (χ1n) is 6.82. The third-order valence-corrected chi connectivity index (χ3v) is 3.17. The second kappa shape index (κ2) is 7.76. The van der Waals surface area contributed by atoms with Gasteiger partial charge in [-0.2, -0.15) is 0 Å². The molecule has 0 bridgehead atoms.